The normalized spacial score (nSPS) is 21.0. The van der Waals surface area contributed by atoms with Gasteiger partial charge in [0.2, 0.25) is 5.91 Å². The van der Waals surface area contributed by atoms with Crippen molar-refractivity contribution in [3.63, 3.8) is 0 Å². The van der Waals surface area contributed by atoms with Crippen molar-refractivity contribution in [1.29, 1.82) is 0 Å². The summed E-state index contributed by atoms with van der Waals surface area (Å²) in [6.45, 7) is 2.91. The summed E-state index contributed by atoms with van der Waals surface area (Å²) in [4.78, 5) is 25.4. The average Bonchev–Trinajstić information content (AvgIpc) is 2.93. The van der Waals surface area contributed by atoms with Crippen LogP contribution in [0.4, 0.5) is 9.18 Å². The van der Waals surface area contributed by atoms with Crippen LogP contribution >= 0.6 is 0 Å². The Balaban J connectivity index is 2.14. The van der Waals surface area contributed by atoms with Crippen molar-refractivity contribution in [3.05, 3.63) is 47.8 Å². The lowest BCUT2D eigenvalue weighted by atomic mass is 9.99. The number of amides is 2. The van der Waals surface area contributed by atoms with E-state index in [1.54, 1.807) is 0 Å². The number of carbonyl (C=O) groups is 2. The molecule has 0 unspecified atom stereocenters. The maximum Gasteiger partial charge on any atom is 0.416 e. The lowest BCUT2D eigenvalue weighted by molar-refractivity contribution is -0.135. The van der Waals surface area contributed by atoms with Gasteiger partial charge in [-0.15, -0.1) is 0 Å². The molecule has 1 N–H and O–H groups in total. The van der Waals surface area contributed by atoms with Gasteiger partial charge in [0.05, 0.1) is 12.0 Å². The third kappa shape index (κ3) is 3.76. The van der Waals surface area contributed by atoms with E-state index in [-0.39, 0.29) is 6.61 Å². The van der Waals surface area contributed by atoms with Crippen LogP contribution in [0, 0.1) is 5.92 Å². The zero-order valence-corrected chi connectivity index (χ0v) is 13.1. The van der Waals surface area contributed by atoms with Gasteiger partial charge < -0.3 is 9.84 Å². The molecule has 3 atom stereocenters. The van der Waals surface area contributed by atoms with Gasteiger partial charge in [-0.25, -0.2) is 14.1 Å². The highest BCUT2D eigenvalue weighted by Crippen LogP contribution is 2.23. The molecule has 0 bridgehead atoms. The Kier molecular flexibility index (Phi) is 5.50. The van der Waals surface area contributed by atoms with Gasteiger partial charge in [0, 0.05) is 0 Å². The number of carbonyl (C=O) groups excluding carboxylic acids is 2. The molecule has 1 aliphatic rings. The molecule has 2 rings (SSSR count). The fraction of sp³-hybridized carbons (Fsp3) is 0.412. The molecule has 0 aromatic heterocycles. The number of cyclic esters (lactones) is 1. The number of allylic oxidation sites excluding steroid dienone is 1. The van der Waals surface area contributed by atoms with Gasteiger partial charge >= 0.3 is 6.09 Å². The Hall–Kier alpha value is -2.21. The van der Waals surface area contributed by atoms with Crippen LogP contribution in [0.5, 0.6) is 0 Å². The first kappa shape index (κ1) is 17.1. The van der Waals surface area contributed by atoms with Crippen LogP contribution in [0.2, 0.25) is 0 Å². The molecule has 0 radical (unpaired) electrons. The predicted octanol–water partition coefficient (Wildman–Crippen LogP) is 2.45. The number of halogens is 1. The molecule has 0 saturated carbocycles. The summed E-state index contributed by atoms with van der Waals surface area (Å²) in [5.41, 5.74) is 0.960. The summed E-state index contributed by atoms with van der Waals surface area (Å²) < 4.78 is 18.5. The molecule has 0 aliphatic carbocycles. The summed E-state index contributed by atoms with van der Waals surface area (Å²) in [6.07, 6.45) is -0.778. The van der Waals surface area contributed by atoms with Crippen LogP contribution in [0.15, 0.2) is 42.2 Å². The Labute approximate surface area is 134 Å². The molecule has 1 saturated heterocycles. The molecule has 1 heterocycles. The minimum Gasteiger partial charge on any atom is -0.447 e. The quantitative estimate of drug-likeness (QED) is 0.904. The van der Waals surface area contributed by atoms with E-state index in [0.29, 0.717) is 6.42 Å². The number of hydrogen-bond acceptors (Lipinski definition) is 4. The van der Waals surface area contributed by atoms with E-state index in [4.69, 9.17) is 4.74 Å². The molecule has 124 valence electrons. The molecule has 5 nitrogen and oxygen atoms in total. The molecule has 1 aliphatic heterocycles. The van der Waals surface area contributed by atoms with Gasteiger partial charge in [-0.2, -0.15) is 0 Å². The van der Waals surface area contributed by atoms with E-state index in [2.05, 4.69) is 0 Å². The highest BCUT2D eigenvalue weighted by atomic mass is 19.1. The number of nitrogens with zero attached hydrogens (tertiary/aromatic N) is 1. The third-order valence-corrected chi connectivity index (χ3v) is 3.93. The van der Waals surface area contributed by atoms with Crippen LogP contribution in [0.3, 0.4) is 0 Å². The molecule has 1 aromatic carbocycles. The maximum atomic E-state index is 13.5. The first-order valence-corrected chi connectivity index (χ1v) is 7.49. The zero-order chi connectivity index (χ0) is 17.0. The summed E-state index contributed by atoms with van der Waals surface area (Å²) in [7, 11) is 0. The van der Waals surface area contributed by atoms with Crippen molar-refractivity contribution < 1.29 is 23.8 Å². The largest absolute Gasteiger partial charge is 0.447 e. The SMILES string of the molecule is C/C=C(/F)[C@H](O)[C@@H](C)C(=O)N1C(=O)OC[C@H]1Cc1ccccc1. The molecular formula is C17H20FNO4. The van der Waals surface area contributed by atoms with Crippen LogP contribution in [-0.2, 0) is 16.0 Å². The summed E-state index contributed by atoms with van der Waals surface area (Å²) in [5, 5.41) is 9.84. The second-order valence-electron chi connectivity index (χ2n) is 5.54. The number of benzene rings is 1. The minimum atomic E-state index is -1.57. The number of imide groups is 1. The lowest BCUT2D eigenvalue weighted by Gasteiger charge is -2.25. The lowest BCUT2D eigenvalue weighted by Crippen LogP contribution is -2.45. The van der Waals surface area contributed by atoms with Gasteiger partial charge in [-0.05, 0) is 18.9 Å². The monoisotopic (exact) mass is 321 g/mol. The highest BCUT2D eigenvalue weighted by Gasteiger charge is 2.41. The van der Waals surface area contributed by atoms with Gasteiger partial charge in [0.15, 0.2) is 0 Å². The number of rotatable bonds is 5. The number of aliphatic hydroxyl groups excluding tert-OH is 1. The number of ether oxygens (including phenoxy) is 1. The van der Waals surface area contributed by atoms with E-state index in [0.717, 1.165) is 16.5 Å². The maximum absolute atomic E-state index is 13.5. The van der Waals surface area contributed by atoms with Crippen molar-refractivity contribution in [2.75, 3.05) is 6.61 Å². The highest BCUT2D eigenvalue weighted by molar-refractivity contribution is 5.95. The van der Waals surface area contributed by atoms with Crippen molar-refractivity contribution in [2.45, 2.75) is 32.4 Å². The first-order chi connectivity index (χ1) is 11.0. The van der Waals surface area contributed by atoms with E-state index in [9.17, 15) is 19.1 Å². The van der Waals surface area contributed by atoms with Crippen molar-refractivity contribution in [2.24, 2.45) is 5.92 Å². The van der Waals surface area contributed by atoms with Crippen molar-refractivity contribution in [1.82, 2.24) is 4.90 Å². The molecule has 1 fully saturated rings. The predicted molar refractivity (Wildman–Crippen MR) is 82.2 cm³/mol. The average molecular weight is 321 g/mol. The smallest absolute Gasteiger partial charge is 0.416 e. The van der Waals surface area contributed by atoms with E-state index in [1.165, 1.54) is 13.8 Å². The Morgan fingerprint density at radius 3 is 2.74 bits per heavy atom. The molecule has 1 aromatic rings. The molecule has 0 spiro atoms. The molecular weight excluding hydrogens is 301 g/mol. The standard InChI is InChI=1S/C17H20FNO4/c1-3-14(18)15(20)11(2)16(21)19-13(10-23-17(19)22)9-12-7-5-4-6-8-12/h3-8,11,13,15,20H,9-10H2,1-2H3/b14-3+/t11-,13-,15-/m1/s1. The van der Waals surface area contributed by atoms with E-state index < -0.39 is 35.9 Å². The molecule has 23 heavy (non-hydrogen) atoms. The first-order valence-electron chi connectivity index (χ1n) is 7.49. The summed E-state index contributed by atoms with van der Waals surface area (Å²) in [5.74, 6) is -2.51. The molecule has 2 amide bonds. The molecule has 6 heteroatoms. The zero-order valence-electron chi connectivity index (χ0n) is 13.1. The van der Waals surface area contributed by atoms with Crippen LogP contribution in [0.1, 0.15) is 19.4 Å². The van der Waals surface area contributed by atoms with E-state index in [1.807, 2.05) is 30.3 Å². The number of hydrogen-bond donors (Lipinski definition) is 1. The van der Waals surface area contributed by atoms with Crippen LogP contribution < -0.4 is 0 Å². The van der Waals surface area contributed by atoms with Gasteiger partial charge in [0.25, 0.3) is 0 Å². The topological polar surface area (TPSA) is 66.8 Å². The van der Waals surface area contributed by atoms with Gasteiger partial charge in [-0.1, -0.05) is 43.3 Å². The van der Waals surface area contributed by atoms with Crippen LogP contribution in [-0.4, -0.2) is 40.8 Å². The van der Waals surface area contributed by atoms with Gasteiger partial charge in [0.1, 0.15) is 18.5 Å². The Bertz CT molecular complexity index is 602. The van der Waals surface area contributed by atoms with Crippen LogP contribution in [0.25, 0.3) is 0 Å². The van der Waals surface area contributed by atoms with Gasteiger partial charge in [-0.3, -0.25) is 4.79 Å². The Morgan fingerprint density at radius 2 is 2.13 bits per heavy atom. The van der Waals surface area contributed by atoms with E-state index >= 15 is 0 Å². The summed E-state index contributed by atoms with van der Waals surface area (Å²) >= 11 is 0. The Morgan fingerprint density at radius 1 is 1.48 bits per heavy atom. The van der Waals surface area contributed by atoms with Crippen molar-refractivity contribution in [3.8, 4) is 0 Å². The fourth-order valence-corrected chi connectivity index (χ4v) is 2.53. The fourth-order valence-electron chi connectivity index (χ4n) is 2.53. The summed E-state index contributed by atoms with van der Waals surface area (Å²) in [6, 6.07) is 8.94. The second-order valence-corrected chi connectivity index (χ2v) is 5.54. The minimum absolute atomic E-state index is 0.0916. The van der Waals surface area contributed by atoms with Crippen molar-refractivity contribution >= 4 is 12.0 Å². The number of aliphatic hydroxyl groups is 1. The third-order valence-electron chi connectivity index (χ3n) is 3.93. The second kappa shape index (κ2) is 7.37.